The molecule has 0 saturated carbocycles. The lowest BCUT2D eigenvalue weighted by molar-refractivity contribution is -0.123. The zero-order valence-corrected chi connectivity index (χ0v) is 19.7. The molecular formula is C29H29N3O3. The fourth-order valence-corrected chi connectivity index (χ4v) is 4.34. The largest absolute Gasteiger partial charge is 0.454 e. The van der Waals surface area contributed by atoms with E-state index in [4.69, 9.17) is 9.47 Å². The molecular weight excluding hydrogens is 438 g/mol. The molecule has 3 aromatic carbocycles. The summed E-state index contributed by atoms with van der Waals surface area (Å²) < 4.78 is 10.8. The number of benzene rings is 3. The lowest BCUT2D eigenvalue weighted by Crippen LogP contribution is -2.46. The maximum Gasteiger partial charge on any atom is 0.237 e. The Labute approximate surface area is 205 Å². The van der Waals surface area contributed by atoms with E-state index in [1.165, 1.54) is 0 Å². The molecule has 0 radical (unpaired) electrons. The first-order valence-electron chi connectivity index (χ1n) is 11.9. The molecule has 0 aliphatic carbocycles. The first kappa shape index (κ1) is 22.7. The van der Waals surface area contributed by atoms with Gasteiger partial charge in [-0.2, -0.15) is 0 Å². The van der Waals surface area contributed by atoms with Gasteiger partial charge in [0.15, 0.2) is 11.5 Å². The third-order valence-corrected chi connectivity index (χ3v) is 6.26. The first-order valence-corrected chi connectivity index (χ1v) is 11.9. The summed E-state index contributed by atoms with van der Waals surface area (Å²) in [7, 11) is 0. The van der Waals surface area contributed by atoms with Crippen LogP contribution in [0, 0.1) is 0 Å². The Kier molecular flexibility index (Phi) is 6.82. The summed E-state index contributed by atoms with van der Waals surface area (Å²) in [5.74, 6) is 1.50. The number of hydrogen-bond donors (Lipinski definition) is 3. The van der Waals surface area contributed by atoms with Gasteiger partial charge in [-0.05, 0) is 48.2 Å². The normalized spacial score (nSPS) is 14.3. The Bertz CT molecular complexity index is 1330. The van der Waals surface area contributed by atoms with Crippen LogP contribution < -0.4 is 20.1 Å². The fourth-order valence-electron chi connectivity index (χ4n) is 4.34. The maximum absolute atomic E-state index is 13.3. The first-order chi connectivity index (χ1) is 17.2. The van der Waals surface area contributed by atoms with E-state index < -0.39 is 0 Å². The van der Waals surface area contributed by atoms with Crippen molar-refractivity contribution in [2.24, 2.45) is 0 Å². The van der Waals surface area contributed by atoms with E-state index in [-0.39, 0.29) is 24.8 Å². The van der Waals surface area contributed by atoms with Gasteiger partial charge in [-0.3, -0.25) is 4.79 Å². The summed E-state index contributed by atoms with van der Waals surface area (Å²) in [6.07, 6.45) is 6.61. The van der Waals surface area contributed by atoms with Gasteiger partial charge in [0, 0.05) is 23.6 Å². The van der Waals surface area contributed by atoms with Crippen molar-refractivity contribution in [2.75, 3.05) is 13.3 Å². The molecule has 2 heterocycles. The molecule has 178 valence electrons. The molecule has 3 N–H and O–H groups in total. The number of aromatic amines is 1. The average Bonchev–Trinajstić information content (AvgIpc) is 3.53. The molecule has 0 spiro atoms. The monoisotopic (exact) mass is 467 g/mol. The molecule has 1 amide bonds. The summed E-state index contributed by atoms with van der Waals surface area (Å²) in [5, 5.41) is 7.75. The van der Waals surface area contributed by atoms with E-state index in [0.29, 0.717) is 13.0 Å². The lowest BCUT2D eigenvalue weighted by Gasteiger charge is -2.21. The smallest absolute Gasteiger partial charge is 0.237 e. The van der Waals surface area contributed by atoms with Gasteiger partial charge in [0.1, 0.15) is 0 Å². The van der Waals surface area contributed by atoms with Crippen LogP contribution in [0.25, 0.3) is 17.0 Å². The van der Waals surface area contributed by atoms with Crippen LogP contribution in [0.4, 0.5) is 0 Å². The zero-order valence-electron chi connectivity index (χ0n) is 19.7. The molecule has 0 bridgehead atoms. The second-order valence-electron chi connectivity index (χ2n) is 8.68. The van der Waals surface area contributed by atoms with Crippen molar-refractivity contribution in [2.45, 2.75) is 25.4 Å². The quantitative estimate of drug-likeness (QED) is 0.324. The number of rotatable bonds is 9. The number of amides is 1. The van der Waals surface area contributed by atoms with Crippen molar-refractivity contribution in [3.63, 3.8) is 0 Å². The number of fused-ring (bicyclic) bond motifs is 2. The number of H-pyrrole nitrogens is 1. The molecule has 35 heavy (non-hydrogen) atoms. The molecule has 0 fully saturated rings. The minimum absolute atomic E-state index is 0.0249. The van der Waals surface area contributed by atoms with E-state index in [1.54, 1.807) is 0 Å². The highest BCUT2D eigenvalue weighted by atomic mass is 16.7. The van der Waals surface area contributed by atoms with Crippen LogP contribution in [0.3, 0.4) is 0 Å². The van der Waals surface area contributed by atoms with Crippen LogP contribution in [0.15, 0.2) is 85.1 Å². The van der Waals surface area contributed by atoms with Gasteiger partial charge >= 0.3 is 0 Å². The van der Waals surface area contributed by atoms with Gasteiger partial charge < -0.3 is 25.1 Å². The molecule has 5 rings (SSSR count). The van der Waals surface area contributed by atoms with Crippen LogP contribution in [-0.4, -0.2) is 30.3 Å². The molecule has 6 nitrogen and oxygen atoms in total. The van der Waals surface area contributed by atoms with Crippen LogP contribution in [0.1, 0.15) is 29.7 Å². The third kappa shape index (κ3) is 5.39. The molecule has 6 heteroatoms. The van der Waals surface area contributed by atoms with Crippen molar-refractivity contribution in [1.82, 2.24) is 15.6 Å². The standard InChI is InChI=1S/C29H29N3O3/c1-20(22-9-3-2-4-10-22)32-29(33)26(17-23-18-31-25-12-6-5-11-24(23)25)30-15-7-8-21-13-14-27-28(16-21)35-19-34-27/h2-14,16,18,20,26,30-31H,15,17,19H2,1H3,(H,32,33)/b8-7+. The number of carbonyl (C=O) groups excluding carboxylic acids is 1. The molecule has 1 aromatic heterocycles. The number of hydrogen-bond acceptors (Lipinski definition) is 4. The van der Waals surface area contributed by atoms with Crippen molar-refractivity contribution in [1.29, 1.82) is 0 Å². The topological polar surface area (TPSA) is 75.4 Å². The van der Waals surface area contributed by atoms with E-state index in [1.807, 2.05) is 92.0 Å². The number of aromatic nitrogens is 1. The fraction of sp³-hybridized carbons (Fsp3) is 0.207. The van der Waals surface area contributed by atoms with E-state index >= 15 is 0 Å². The minimum atomic E-state index is -0.387. The highest BCUT2D eigenvalue weighted by Crippen LogP contribution is 2.32. The lowest BCUT2D eigenvalue weighted by atomic mass is 10.0. The molecule has 1 aliphatic heterocycles. The number of carbonyl (C=O) groups is 1. The van der Waals surface area contributed by atoms with E-state index in [2.05, 4.69) is 21.7 Å². The van der Waals surface area contributed by atoms with Crippen LogP contribution in [-0.2, 0) is 11.2 Å². The molecule has 4 aromatic rings. The van der Waals surface area contributed by atoms with Crippen molar-refractivity contribution in [3.8, 4) is 11.5 Å². The number of nitrogens with one attached hydrogen (secondary N) is 3. The Morgan fingerprint density at radius 1 is 1.03 bits per heavy atom. The molecule has 2 unspecified atom stereocenters. The number of para-hydroxylation sites is 1. The predicted octanol–water partition coefficient (Wildman–Crippen LogP) is 4.99. The Morgan fingerprint density at radius 2 is 1.83 bits per heavy atom. The molecule has 0 saturated heterocycles. The van der Waals surface area contributed by atoms with Gasteiger partial charge in [0.2, 0.25) is 12.7 Å². The van der Waals surface area contributed by atoms with Crippen LogP contribution in [0.2, 0.25) is 0 Å². The van der Waals surface area contributed by atoms with Gasteiger partial charge in [0.25, 0.3) is 0 Å². The molecule has 2 atom stereocenters. The second kappa shape index (κ2) is 10.5. The van der Waals surface area contributed by atoms with Gasteiger partial charge in [0.05, 0.1) is 12.1 Å². The minimum Gasteiger partial charge on any atom is -0.454 e. The summed E-state index contributed by atoms with van der Waals surface area (Å²) in [6.45, 7) is 2.82. The zero-order chi connectivity index (χ0) is 24.0. The summed E-state index contributed by atoms with van der Waals surface area (Å²) in [6, 6.07) is 23.6. The van der Waals surface area contributed by atoms with Gasteiger partial charge in [-0.15, -0.1) is 0 Å². The summed E-state index contributed by atoms with van der Waals surface area (Å²) in [4.78, 5) is 16.7. The Morgan fingerprint density at radius 3 is 2.71 bits per heavy atom. The van der Waals surface area contributed by atoms with Gasteiger partial charge in [-0.1, -0.05) is 66.7 Å². The predicted molar refractivity (Wildman–Crippen MR) is 138 cm³/mol. The second-order valence-corrected chi connectivity index (χ2v) is 8.68. The highest BCUT2D eigenvalue weighted by molar-refractivity contribution is 5.86. The van der Waals surface area contributed by atoms with E-state index in [9.17, 15) is 4.79 Å². The number of ether oxygens (including phenoxy) is 2. The Hall–Kier alpha value is -4.03. The summed E-state index contributed by atoms with van der Waals surface area (Å²) in [5.41, 5.74) is 4.28. The third-order valence-electron chi connectivity index (χ3n) is 6.26. The van der Waals surface area contributed by atoms with Gasteiger partial charge in [-0.25, -0.2) is 0 Å². The van der Waals surface area contributed by atoms with E-state index in [0.717, 1.165) is 39.1 Å². The highest BCUT2D eigenvalue weighted by Gasteiger charge is 2.21. The van der Waals surface area contributed by atoms with Crippen molar-refractivity contribution >= 4 is 22.9 Å². The van der Waals surface area contributed by atoms with Crippen LogP contribution in [0.5, 0.6) is 11.5 Å². The summed E-state index contributed by atoms with van der Waals surface area (Å²) >= 11 is 0. The van der Waals surface area contributed by atoms with Crippen molar-refractivity contribution in [3.05, 3.63) is 102 Å². The maximum atomic E-state index is 13.3. The Balaban J connectivity index is 1.28. The SMILES string of the molecule is CC(NC(=O)C(Cc1c[nH]c2ccccc12)NC/C=C/c1ccc2c(c1)OCO2)c1ccccc1. The average molecular weight is 468 g/mol. The van der Waals surface area contributed by atoms with Crippen LogP contribution >= 0.6 is 0 Å². The van der Waals surface area contributed by atoms with Crippen molar-refractivity contribution < 1.29 is 14.3 Å². The molecule has 1 aliphatic rings.